The number of rotatable bonds is 6. The van der Waals surface area contributed by atoms with E-state index in [1.165, 1.54) is 16.3 Å². The Morgan fingerprint density at radius 1 is 1.12 bits per heavy atom. The smallest absolute Gasteiger partial charge is 0.188 e. The molecule has 0 amide bonds. The Morgan fingerprint density at radius 2 is 1.92 bits per heavy atom. The molecule has 0 saturated carbocycles. The summed E-state index contributed by atoms with van der Waals surface area (Å²) in [5.41, 5.74) is 7.19. The molecule has 2 aromatic rings. The van der Waals surface area contributed by atoms with Crippen LogP contribution in [-0.4, -0.2) is 50.3 Å². The van der Waals surface area contributed by atoms with Gasteiger partial charge >= 0.3 is 0 Å². The standard InChI is InChI=1S/C19H26N4O/c20-19(21-9-4-10-23-11-13-24-14-12-23)22-15-17-7-3-6-16-5-1-2-8-18(16)17/h1-3,5-8H,4,9-15H2,(H3,20,21,22). The molecule has 0 unspecified atom stereocenters. The van der Waals surface area contributed by atoms with Gasteiger partial charge in [0, 0.05) is 19.6 Å². The second-order valence-corrected chi connectivity index (χ2v) is 6.07. The summed E-state index contributed by atoms with van der Waals surface area (Å²) in [6.07, 6.45) is 1.06. The largest absolute Gasteiger partial charge is 0.379 e. The number of nitrogens with two attached hydrogens (primary N) is 1. The highest BCUT2D eigenvalue weighted by atomic mass is 16.5. The van der Waals surface area contributed by atoms with Gasteiger partial charge in [0.2, 0.25) is 0 Å². The quantitative estimate of drug-likeness (QED) is 0.484. The van der Waals surface area contributed by atoms with Gasteiger partial charge in [0.05, 0.1) is 19.8 Å². The molecule has 0 aromatic heterocycles. The van der Waals surface area contributed by atoms with Crippen LogP contribution in [0.2, 0.25) is 0 Å². The number of ether oxygens (including phenoxy) is 1. The highest BCUT2D eigenvalue weighted by Crippen LogP contribution is 2.18. The third-order valence-electron chi connectivity index (χ3n) is 4.36. The zero-order valence-corrected chi connectivity index (χ0v) is 14.1. The molecule has 5 nitrogen and oxygen atoms in total. The minimum absolute atomic E-state index is 0.518. The summed E-state index contributed by atoms with van der Waals surface area (Å²) in [4.78, 5) is 6.90. The normalized spacial score (nSPS) is 16.4. The van der Waals surface area contributed by atoms with Gasteiger partial charge in [-0.3, -0.25) is 4.90 Å². The van der Waals surface area contributed by atoms with Crippen LogP contribution in [0.3, 0.4) is 0 Å². The number of hydrogen-bond acceptors (Lipinski definition) is 3. The second kappa shape index (κ2) is 8.66. The van der Waals surface area contributed by atoms with Crippen molar-refractivity contribution in [3.8, 4) is 0 Å². The number of benzene rings is 2. The maximum Gasteiger partial charge on any atom is 0.188 e. The molecule has 0 radical (unpaired) electrons. The molecule has 2 aromatic carbocycles. The first kappa shape index (κ1) is 16.7. The van der Waals surface area contributed by atoms with E-state index >= 15 is 0 Å². The molecule has 24 heavy (non-hydrogen) atoms. The molecular weight excluding hydrogens is 300 g/mol. The highest BCUT2D eigenvalue weighted by molar-refractivity contribution is 5.86. The number of aliphatic imine (C=N–C) groups is 1. The maximum absolute atomic E-state index is 5.99. The summed E-state index contributed by atoms with van der Waals surface area (Å²) in [5, 5.41) is 5.69. The molecule has 1 aliphatic heterocycles. The molecule has 0 atom stereocenters. The van der Waals surface area contributed by atoms with E-state index in [2.05, 4.69) is 57.7 Å². The minimum Gasteiger partial charge on any atom is -0.379 e. The zero-order valence-electron chi connectivity index (χ0n) is 14.1. The van der Waals surface area contributed by atoms with Gasteiger partial charge < -0.3 is 15.8 Å². The first-order valence-corrected chi connectivity index (χ1v) is 8.63. The number of guanidine groups is 1. The molecule has 5 heteroatoms. The highest BCUT2D eigenvalue weighted by Gasteiger charge is 2.09. The Labute approximate surface area is 143 Å². The molecular formula is C19H26N4O. The summed E-state index contributed by atoms with van der Waals surface area (Å²) >= 11 is 0. The Kier molecular flexibility index (Phi) is 6.04. The van der Waals surface area contributed by atoms with Crippen LogP contribution in [0.4, 0.5) is 0 Å². The van der Waals surface area contributed by atoms with Crippen LogP contribution in [0.15, 0.2) is 47.5 Å². The van der Waals surface area contributed by atoms with E-state index in [9.17, 15) is 0 Å². The van der Waals surface area contributed by atoms with Gasteiger partial charge in [0.15, 0.2) is 5.96 Å². The van der Waals surface area contributed by atoms with Crippen molar-refractivity contribution in [1.82, 2.24) is 10.2 Å². The number of nitrogens with zero attached hydrogens (tertiary/aromatic N) is 2. The topological polar surface area (TPSA) is 62.9 Å². The predicted molar refractivity (Wildman–Crippen MR) is 99.2 cm³/mol. The summed E-state index contributed by atoms with van der Waals surface area (Å²) in [7, 11) is 0. The average molecular weight is 326 g/mol. The number of fused-ring (bicyclic) bond motifs is 1. The zero-order chi connectivity index (χ0) is 16.6. The van der Waals surface area contributed by atoms with Crippen molar-refractivity contribution in [1.29, 1.82) is 0 Å². The Morgan fingerprint density at radius 3 is 2.79 bits per heavy atom. The summed E-state index contributed by atoms with van der Waals surface area (Å²) in [5.74, 6) is 0.518. The van der Waals surface area contributed by atoms with Crippen molar-refractivity contribution in [3.05, 3.63) is 48.0 Å². The van der Waals surface area contributed by atoms with Gasteiger partial charge in [-0.05, 0) is 29.3 Å². The van der Waals surface area contributed by atoms with Crippen LogP contribution in [0, 0.1) is 0 Å². The van der Waals surface area contributed by atoms with Crippen molar-refractivity contribution in [2.24, 2.45) is 10.7 Å². The van der Waals surface area contributed by atoms with Crippen molar-refractivity contribution in [3.63, 3.8) is 0 Å². The lowest BCUT2D eigenvalue weighted by molar-refractivity contribution is 0.0376. The lowest BCUT2D eigenvalue weighted by atomic mass is 10.1. The predicted octanol–water partition coefficient (Wildman–Crippen LogP) is 1.97. The molecule has 3 N–H and O–H groups in total. The van der Waals surface area contributed by atoms with Crippen LogP contribution in [0.25, 0.3) is 10.8 Å². The molecule has 128 valence electrons. The van der Waals surface area contributed by atoms with Gasteiger partial charge in [-0.25, -0.2) is 4.99 Å². The molecule has 1 saturated heterocycles. The number of hydrogen-bond donors (Lipinski definition) is 2. The van der Waals surface area contributed by atoms with Crippen LogP contribution < -0.4 is 11.1 Å². The average Bonchev–Trinajstić information content (AvgIpc) is 2.64. The lowest BCUT2D eigenvalue weighted by Gasteiger charge is -2.26. The molecule has 0 aliphatic carbocycles. The fourth-order valence-corrected chi connectivity index (χ4v) is 3.00. The van der Waals surface area contributed by atoms with Crippen molar-refractivity contribution in [2.45, 2.75) is 13.0 Å². The molecule has 0 spiro atoms. The minimum atomic E-state index is 0.518. The first-order valence-electron chi connectivity index (χ1n) is 8.63. The second-order valence-electron chi connectivity index (χ2n) is 6.07. The van der Waals surface area contributed by atoms with E-state index in [4.69, 9.17) is 10.5 Å². The van der Waals surface area contributed by atoms with E-state index in [1.54, 1.807) is 0 Å². The molecule has 3 rings (SSSR count). The summed E-state index contributed by atoms with van der Waals surface area (Å²) < 4.78 is 5.35. The Bertz CT molecular complexity index is 675. The van der Waals surface area contributed by atoms with Gasteiger partial charge in [-0.1, -0.05) is 42.5 Å². The van der Waals surface area contributed by atoms with E-state index in [1.807, 2.05) is 0 Å². The van der Waals surface area contributed by atoms with Crippen LogP contribution in [0.1, 0.15) is 12.0 Å². The van der Waals surface area contributed by atoms with E-state index in [0.29, 0.717) is 12.5 Å². The van der Waals surface area contributed by atoms with E-state index < -0.39 is 0 Å². The van der Waals surface area contributed by atoms with E-state index in [-0.39, 0.29) is 0 Å². The fourth-order valence-electron chi connectivity index (χ4n) is 3.00. The van der Waals surface area contributed by atoms with Crippen molar-refractivity contribution < 1.29 is 4.74 Å². The Hall–Kier alpha value is -2.11. The third-order valence-corrected chi connectivity index (χ3v) is 4.36. The molecule has 1 fully saturated rings. The summed E-state index contributed by atoms with van der Waals surface area (Å²) in [6, 6.07) is 14.7. The fraction of sp³-hybridized carbons (Fsp3) is 0.421. The Balaban J connectivity index is 1.45. The lowest BCUT2D eigenvalue weighted by Crippen LogP contribution is -2.39. The van der Waals surface area contributed by atoms with Gasteiger partial charge in [-0.15, -0.1) is 0 Å². The first-order chi connectivity index (χ1) is 11.8. The third kappa shape index (κ3) is 4.69. The number of morpholine rings is 1. The van der Waals surface area contributed by atoms with Gasteiger partial charge in [-0.2, -0.15) is 0 Å². The summed E-state index contributed by atoms with van der Waals surface area (Å²) in [6.45, 7) is 6.29. The molecule has 0 bridgehead atoms. The van der Waals surface area contributed by atoms with Crippen LogP contribution in [0.5, 0.6) is 0 Å². The number of nitrogens with one attached hydrogen (secondary N) is 1. The van der Waals surface area contributed by atoms with Crippen molar-refractivity contribution >= 4 is 16.7 Å². The van der Waals surface area contributed by atoms with E-state index in [0.717, 1.165) is 45.8 Å². The SMILES string of the molecule is NC(=NCc1cccc2ccccc12)NCCCN1CCOCC1. The maximum atomic E-state index is 5.99. The molecule has 1 aliphatic rings. The van der Waals surface area contributed by atoms with Crippen LogP contribution in [-0.2, 0) is 11.3 Å². The monoisotopic (exact) mass is 326 g/mol. The molecule has 1 heterocycles. The van der Waals surface area contributed by atoms with Gasteiger partial charge in [0.25, 0.3) is 0 Å². The van der Waals surface area contributed by atoms with Crippen molar-refractivity contribution in [2.75, 3.05) is 39.4 Å². The van der Waals surface area contributed by atoms with Crippen LogP contribution >= 0.6 is 0 Å². The van der Waals surface area contributed by atoms with Gasteiger partial charge in [0.1, 0.15) is 0 Å².